The molecule has 0 aromatic heterocycles. The van der Waals surface area contributed by atoms with Crippen molar-refractivity contribution in [3.05, 3.63) is 27.7 Å². The highest BCUT2D eigenvalue weighted by Gasteiger charge is 2.15. The molecule has 2 rings (SSSR count). The van der Waals surface area contributed by atoms with Crippen LogP contribution in [0.25, 0.3) is 0 Å². The highest BCUT2D eigenvalue weighted by molar-refractivity contribution is 9.10. The zero-order valence-electron chi connectivity index (χ0n) is 11.6. The first-order valence-electron chi connectivity index (χ1n) is 6.86. The number of rotatable bonds is 4. The molecule has 104 valence electrons. The van der Waals surface area contributed by atoms with Crippen molar-refractivity contribution in [2.24, 2.45) is 0 Å². The molecule has 3 nitrogen and oxygen atoms in total. The Morgan fingerprint density at radius 1 is 1.42 bits per heavy atom. The Labute approximate surface area is 123 Å². The lowest BCUT2D eigenvalue weighted by Crippen LogP contribution is -2.23. The number of anilines is 1. The average Bonchev–Trinajstić information content (AvgIpc) is 2.86. The maximum absolute atomic E-state index is 11.9. The van der Waals surface area contributed by atoms with Crippen LogP contribution in [0.1, 0.15) is 36.8 Å². The maximum atomic E-state index is 11.9. The minimum atomic E-state index is 0.106. The minimum Gasteiger partial charge on any atom is -0.326 e. The van der Waals surface area contributed by atoms with E-state index in [0.717, 1.165) is 34.3 Å². The Balaban J connectivity index is 1.87. The number of halogens is 1. The van der Waals surface area contributed by atoms with E-state index in [-0.39, 0.29) is 5.91 Å². The third-order valence-corrected chi connectivity index (χ3v) is 4.85. The van der Waals surface area contributed by atoms with Gasteiger partial charge in [-0.1, -0.05) is 15.9 Å². The number of hydrogen-bond donors (Lipinski definition) is 2. The van der Waals surface area contributed by atoms with Crippen LogP contribution in [0.5, 0.6) is 0 Å². The van der Waals surface area contributed by atoms with Crippen molar-refractivity contribution < 1.29 is 4.79 Å². The van der Waals surface area contributed by atoms with E-state index in [2.05, 4.69) is 26.6 Å². The fourth-order valence-electron chi connectivity index (χ4n) is 2.55. The Hall–Kier alpha value is -0.870. The molecule has 1 aliphatic rings. The van der Waals surface area contributed by atoms with Crippen LogP contribution in [-0.2, 0) is 4.79 Å². The average molecular weight is 325 g/mol. The van der Waals surface area contributed by atoms with Crippen LogP contribution in [0.4, 0.5) is 5.69 Å². The molecular weight excluding hydrogens is 304 g/mol. The predicted octanol–water partition coefficient (Wildman–Crippen LogP) is 3.54. The molecule has 1 aromatic rings. The van der Waals surface area contributed by atoms with Gasteiger partial charge in [0.25, 0.3) is 0 Å². The number of carbonyl (C=O) groups is 1. The van der Waals surface area contributed by atoms with Crippen LogP contribution >= 0.6 is 15.9 Å². The second-order valence-corrected chi connectivity index (χ2v) is 6.10. The fourth-order valence-corrected chi connectivity index (χ4v) is 2.78. The van der Waals surface area contributed by atoms with Gasteiger partial charge in [0.15, 0.2) is 0 Å². The van der Waals surface area contributed by atoms with E-state index in [1.54, 1.807) is 0 Å². The zero-order chi connectivity index (χ0) is 13.8. The zero-order valence-corrected chi connectivity index (χ0v) is 13.1. The van der Waals surface area contributed by atoms with Crippen molar-refractivity contribution in [2.45, 2.75) is 45.6 Å². The van der Waals surface area contributed by atoms with E-state index in [0.29, 0.717) is 12.5 Å². The predicted molar refractivity (Wildman–Crippen MR) is 82.5 cm³/mol. The molecule has 4 heteroatoms. The molecule has 0 aliphatic carbocycles. The minimum absolute atomic E-state index is 0.106. The van der Waals surface area contributed by atoms with Crippen molar-refractivity contribution in [3.63, 3.8) is 0 Å². The van der Waals surface area contributed by atoms with Gasteiger partial charge in [-0.15, -0.1) is 0 Å². The third-order valence-electron chi connectivity index (χ3n) is 3.60. The summed E-state index contributed by atoms with van der Waals surface area (Å²) in [5, 5.41) is 6.40. The molecule has 1 heterocycles. The first kappa shape index (κ1) is 14.5. The summed E-state index contributed by atoms with van der Waals surface area (Å²) >= 11 is 3.53. The summed E-state index contributed by atoms with van der Waals surface area (Å²) in [5.74, 6) is 0.106. The first-order valence-corrected chi connectivity index (χ1v) is 7.65. The van der Waals surface area contributed by atoms with E-state index in [1.165, 1.54) is 12.8 Å². The van der Waals surface area contributed by atoms with Gasteiger partial charge in [0.2, 0.25) is 5.91 Å². The molecule has 0 saturated carbocycles. The van der Waals surface area contributed by atoms with E-state index in [9.17, 15) is 4.79 Å². The van der Waals surface area contributed by atoms with Crippen molar-refractivity contribution in [2.75, 3.05) is 11.9 Å². The Morgan fingerprint density at radius 3 is 2.68 bits per heavy atom. The lowest BCUT2D eigenvalue weighted by Gasteiger charge is -2.12. The molecular formula is C15H21BrN2O. The SMILES string of the molecule is Cc1cc(NC(=O)CCC2CCCN2)cc(C)c1Br. The van der Waals surface area contributed by atoms with Crippen LogP contribution in [0.3, 0.4) is 0 Å². The van der Waals surface area contributed by atoms with Crippen LogP contribution in [0.2, 0.25) is 0 Å². The number of carbonyl (C=O) groups excluding carboxylic acids is 1. The molecule has 1 atom stereocenters. The number of amides is 1. The van der Waals surface area contributed by atoms with Gasteiger partial charge in [0.05, 0.1) is 0 Å². The van der Waals surface area contributed by atoms with Crippen LogP contribution < -0.4 is 10.6 Å². The van der Waals surface area contributed by atoms with Gasteiger partial charge in [-0.2, -0.15) is 0 Å². The van der Waals surface area contributed by atoms with Crippen molar-refractivity contribution >= 4 is 27.5 Å². The summed E-state index contributed by atoms with van der Waals surface area (Å²) in [6.07, 6.45) is 3.95. The van der Waals surface area contributed by atoms with Crippen LogP contribution in [0, 0.1) is 13.8 Å². The summed E-state index contributed by atoms with van der Waals surface area (Å²) in [6, 6.07) is 4.53. The van der Waals surface area contributed by atoms with E-state index < -0.39 is 0 Å². The molecule has 1 unspecified atom stereocenters. The number of benzene rings is 1. The van der Waals surface area contributed by atoms with Crippen molar-refractivity contribution in [1.82, 2.24) is 5.32 Å². The molecule has 0 radical (unpaired) electrons. The van der Waals surface area contributed by atoms with Gasteiger partial charge in [-0.05, 0) is 62.9 Å². The summed E-state index contributed by atoms with van der Waals surface area (Å²) in [4.78, 5) is 11.9. The normalized spacial score (nSPS) is 18.6. The van der Waals surface area contributed by atoms with Gasteiger partial charge in [-0.25, -0.2) is 0 Å². The van der Waals surface area contributed by atoms with E-state index in [1.807, 2.05) is 26.0 Å². The van der Waals surface area contributed by atoms with Crippen LogP contribution in [-0.4, -0.2) is 18.5 Å². The second-order valence-electron chi connectivity index (χ2n) is 5.30. The molecule has 1 amide bonds. The number of nitrogens with one attached hydrogen (secondary N) is 2. The number of hydrogen-bond acceptors (Lipinski definition) is 2. The summed E-state index contributed by atoms with van der Waals surface area (Å²) in [5.41, 5.74) is 3.18. The largest absolute Gasteiger partial charge is 0.326 e. The van der Waals surface area contributed by atoms with E-state index >= 15 is 0 Å². The summed E-state index contributed by atoms with van der Waals surface area (Å²) in [6.45, 7) is 5.17. The number of aryl methyl sites for hydroxylation is 2. The van der Waals surface area contributed by atoms with Crippen molar-refractivity contribution in [3.8, 4) is 0 Å². The van der Waals surface area contributed by atoms with Gasteiger partial charge >= 0.3 is 0 Å². The van der Waals surface area contributed by atoms with Gasteiger partial charge in [0, 0.05) is 22.6 Å². The molecule has 0 bridgehead atoms. The van der Waals surface area contributed by atoms with Gasteiger partial charge in [-0.3, -0.25) is 4.79 Å². The summed E-state index contributed by atoms with van der Waals surface area (Å²) in [7, 11) is 0. The lowest BCUT2D eigenvalue weighted by atomic mass is 10.1. The first-order chi connectivity index (χ1) is 9.06. The van der Waals surface area contributed by atoms with E-state index in [4.69, 9.17) is 0 Å². The highest BCUT2D eigenvalue weighted by atomic mass is 79.9. The Morgan fingerprint density at radius 2 is 2.11 bits per heavy atom. The topological polar surface area (TPSA) is 41.1 Å². The Kier molecular flexibility index (Phi) is 4.99. The molecule has 1 aromatic carbocycles. The standard InChI is InChI=1S/C15H21BrN2O/c1-10-8-13(9-11(2)15(10)16)18-14(19)6-5-12-4-3-7-17-12/h8-9,12,17H,3-7H2,1-2H3,(H,18,19). The van der Waals surface area contributed by atoms with Crippen LogP contribution in [0.15, 0.2) is 16.6 Å². The molecule has 1 saturated heterocycles. The smallest absolute Gasteiger partial charge is 0.224 e. The maximum Gasteiger partial charge on any atom is 0.224 e. The molecule has 1 fully saturated rings. The van der Waals surface area contributed by atoms with Gasteiger partial charge in [0.1, 0.15) is 0 Å². The monoisotopic (exact) mass is 324 g/mol. The highest BCUT2D eigenvalue weighted by Crippen LogP contribution is 2.25. The lowest BCUT2D eigenvalue weighted by molar-refractivity contribution is -0.116. The summed E-state index contributed by atoms with van der Waals surface area (Å²) < 4.78 is 1.11. The second kappa shape index (κ2) is 6.53. The molecule has 19 heavy (non-hydrogen) atoms. The molecule has 2 N–H and O–H groups in total. The van der Waals surface area contributed by atoms with Crippen molar-refractivity contribution in [1.29, 1.82) is 0 Å². The molecule has 1 aliphatic heterocycles. The van der Waals surface area contributed by atoms with Gasteiger partial charge < -0.3 is 10.6 Å². The Bertz CT molecular complexity index is 444. The third kappa shape index (κ3) is 4.05. The quantitative estimate of drug-likeness (QED) is 0.889. The fraction of sp³-hybridized carbons (Fsp3) is 0.533. The molecule has 0 spiro atoms.